The average Bonchev–Trinajstić information content (AvgIpc) is 1.66. The first-order valence-corrected chi connectivity index (χ1v) is 3.03. The molecule has 0 aliphatic rings. The molecule has 0 rings (SSSR count). The minimum Gasteiger partial charge on any atom is -0.324 e. The fraction of sp³-hybridized carbons (Fsp3) is 1.00. The second-order valence-corrected chi connectivity index (χ2v) is 3.44. The van der Waals surface area contributed by atoms with Gasteiger partial charge in [-0.1, -0.05) is 0 Å². The molecule has 0 amide bonds. The third kappa shape index (κ3) is 4.24. The summed E-state index contributed by atoms with van der Waals surface area (Å²) < 4.78 is 0. The highest BCUT2D eigenvalue weighted by molar-refractivity contribution is 4.93. The first-order valence-electron chi connectivity index (χ1n) is 3.03. The van der Waals surface area contributed by atoms with Crippen LogP contribution in [0.1, 0.15) is 27.7 Å². The lowest BCUT2D eigenvalue weighted by Crippen LogP contribution is -2.58. The van der Waals surface area contributed by atoms with Gasteiger partial charge in [0.05, 0.1) is 0 Å². The molecule has 0 saturated heterocycles. The summed E-state index contributed by atoms with van der Waals surface area (Å²) in [6.45, 7) is 7.69. The van der Waals surface area contributed by atoms with Crippen molar-refractivity contribution in [3.8, 4) is 0 Å². The molecule has 4 heteroatoms. The van der Waals surface area contributed by atoms with Crippen molar-refractivity contribution in [2.45, 2.75) is 38.8 Å². The van der Waals surface area contributed by atoms with Crippen LogP contribution in [0.2, 0.25) is 0 Å². The fourth-order valence-electron chi connectivity index (χ4n) is 0. The van der Waals surface area contributed by atoms with E-state index in [9.17, 15) is 0 Å². The lowest BCUT2D eigenvalue weighted by Gasteiger charge is -2.34. The van der Waals surface area contributed by atoms with E-state index in [1.54, 1.807) is 0 Å². The van der Waals surface area contributed by atoms with Crippen LogP contribution in [0.3, 0.4) is 0 Å². The van der Waals surface area contributed by atoms with Crippen LogP contribution in [0.5, 0.6) is 0 Å². The molecule has 0 fully saturated rings. The van der Waals surface area contributed by atoms with Crippen molar-refractivity contribution >= 4 is 0 Å². The standard InChI is InChI=1S/C6H16N2.N2/c1-5(2,7)6(3,4)8;1-2/h7-8H2,1-4H3;. The van der Waals surface area contributed by atoms with Crippen LogP contribution >= 0.6 is 0 Å². The van der Waals surface area contributed by atoms with Crippen molar-refractivity contribution in [1.82, 2.24) is 0 Å². The van der Waals surface area contributed by atoms with Gasteiger partial charge in [-0.3, -0.25) is 0 Å². The van der Waals surface area contributed by atoms with Gasteiger partial charge in [0.25, 0.3) is 0 Å². The number of hydrogen-bond donors (Lipinski definition) is 2. The zero-order valence-electron chi connectivity index (χ0n) is 7.05. The van der Waals surface area contributed by atoms with E-state index >= 15 is 0 Å². The Kier molecular flexibility index (Phi) is 4.21. The van der Waals surface area contributed by atoms with Crippen LogP contribution in [0.25, 0.3) is 0 Å². The quantitative estimate of drug-likeness (QED) is 0.523. The lowest BCUT2D eigenvalue weighted by molar-refractivity contribution is 0.309. The number of nitrogens with zero attached hydrogens (tertiary/aromatic N) is 2. The largest absolute Gasteiger partial charge is 0.324 e. The van der Waals surface area contributed by atoms with Crippen molar-refractivity contribution in [3.05, 3.63) is 0 Å². The van der Waals surface area contributed by atoms with Gasteiger partial charge < -0.3 is 11.5 Å². The van der Waals surface area contributed by atoms with Crippen molar-refractivity contribution < 1.29 is 0 Å². The molecule has 0 aromatic carbocycles. The van der Waals surface area contributed by atoms with Gasteiger partial charge in [0.2, 0.25) is 0 Å². The molecule has 0 radical (unpaired) electrons. The molecule has 0 aromatic heterocycles. The second kappa shape index (κ2) is 3.49. The third-order valence-electron chi connectivity index (χ3n) is 1.66. The molecule has 0 heterocycles. The third-order valence-corrected chi connectivity index (χ3v) is 1.66. The summed E-state index contributed by atoms with van der Waals surface area (Å²) >= 11 is 0. The number of hydrogen-bond acceptors (Lipinski definition) is 4. The normalized spacial score (nSPS) is 11.6. The topological polar surface area (TPSA) is 99.6 Å². The number of rotatable bonds is 1. The van der Waals surface area contributed by atoms with E-state index < -0.39 is 0 Å². The summed E-state index contributed by atoms with van der Waals surface area (Å²) in [6, 6.07) is 0. The molecule has 0 unspecified atom stereocenters. The Labute approximate surface area is 62.0 Å². The minimum absolute atomic E-state index is 0.285. The molecule has 10 heavy (non-hydrogen) atoms. The predicted octanol–water partition coefficient (Wildman–Crippen LogP) is 0.491. The van der Waals surface area contributed by atoms with Crippen molar-refractivity contribution in [2.75, 3.05) is 0 Å². The zero-order valence-corrected chi connectivity index (χ0v) is 7.05. The summed E-state index contributed by atoms with van der Waals surface area (Å²) in [5, 5.41) is 12.0. The van der Waals surface area contributed by atoms with Gasteiger partial charge in [0, 0.05) is 21.9 Å². The van der Waals surface area contributed by atoms with E-state index in [0.717, 1.165) is 0 Å². The molecule has 60 valence electrons. The Morgan fingerprint density at radius 3 is 0.900 bits per heavy atom. The summed E-state index contributed by atoms with van der Waals surface area (Å²) in [4.78, 5) is 0. The Morgan fingerprint density at radius 1 is 0.800 bits per heavy atom. The molecule has 0 spiro atoms. The van der Waals surface area contributed by atoms with Crippen molar-refractivity contribution in [3.63, 3.8) is 0 Å². The van der Waals surface area contributed by atoms with E-state index in [1.807, 2.05) is 27.7 Å². The van der Waals surface area contributed by atoms with E-state index in [4.69, 9.17) is 22.3 Å². The summed E-state index contributed by atoms with van der Waals surface area (Å²) in [5.74, 6) is 0. The van der Waals surface area contributed by atoms with Gasteiger partial charge in [0.15, 0.2) is 0 Å². The van der Waals surface area contributed by atoms with E-state index in [1.165, 1.54) is 0 Å². The monoisotopic (exact) mass is 144 g/mol. The van der Waals surface area contributed by atoms with Crippen molar-refractivity contribution in [1.29, 1.82) is 10.8 Å². The Bertz CT molecular complexity index is 91.1. The van der Waals surface area contributed by atoms with Crippen LogP contribution in [0.4, 0.5) is 0 Å². The van der Waals surface area contributed by atoms with E-state index in [2.05, 4.69) is 0 Å². The predicted molar refractivity (Wildman–Crippen MR) is 40.0 cm³/mol. The van der Waals surface area contributed by atoms with Gasteiger partial charge in [-0.15, -0.1) is 0 Å². The molecular formula is C6H16N4. The van der Waals surface area contributed by atoms with Gasteiger partial charge in [-0.2, -0.15) is 0 Å². The second-order valence-electron chi connectivity index (χ2n) is 3.44. The summed E-state index contributed by atoms with van der Waals surface area (Å²) in [7, 11) is 0. The minimum atomic E-state index is -0.285. The molecule has 4 nitrogen and oxygen atoms in total. The smallest absolute Gasteiger partial charge is 0.0274 e. The zero-order chi connectivity index (χ0) is 9.00. The molecule has 0 bridgehead atoms. The highest BCUT2D eigenvalue weighted by Gasteiger charge is 2.28. The van der Waals surface area contributed by atoms with Crippen LogP contribution in [-0.4, -0.2) is 11.1 Å². The fourth-order valence-corrected chi connectivity index (χ4v) is 0. The molecule has 0 aromatic rings. The van der Waals surface area contributed by atoms with Gasteiger partial charge >= 0.3 is 0 Å². The van der Waals surface area contributed by atoms with Gasteiger partial charge in [-0.05, 0) is 27.7 Å². The lowest BCUT2D eigenvalue weighted by atomic mass is 9.85. The molecular weight excluding hydrogens is 128 g/mol. The van der Waals surface area contributed by atoms with Crippen LogP contribution < -0.4 is 11.5 Å². The molecule has 0 aliphatic carbocycles. The SMILES string of the molecule is CC(C)(N)C(C)(C)N.N#N. The maximum absolute atomic E-state index is 6.00. The molecule has 0 saturated carbocycles. The molecule has 0 aliphatic heterocycles. The number of nitrogens with two attached hydrogens (primary N) is 2. The Morgan fingerprint density at radius 2 is 0.900 bits per heavy atom. The van der Waals surface area contributed by atoms with Crippen molar-refractivity contribution in [2.24, 2.45) is 11.5 Å². The Balaban J connectivity index is 0. The first kappa shape index (κ1) is 12.1. The Hall–Kier alpha value is -0.660. The summed E-state index contributed by atoms with van der Waals surface area (Å²) in [5.41, 5.74) is 10.8. The van der Waals surface area contributed by atoms with Crippen LogP contribution in [0, 0.1) is 10.8 Å². The highest BCUT2D eigenvalue weighted by atomic mass is 14.9. The average molecular weight is 144 g/mol. The van der Waals surface area contributed by atoms with E-state index in [0.29, 0.717) is 0 Å². The van der Waals surface area contributed by atoms with Crippen LogP contribution in [-0.2, 0) is 0 Å². The molecule has 4 N–H and O–H groups in total. The summed E-state index contributed by atoms with van der Waals surface area (Å²) in [6.07, 6.45) is 0. The highest BCUT2D eigenvalue weighted by Crippen LogP contribution is 2.13. The van der Waals surface area contributed by atoms with E-state index in [-0.39, 0.29) is 11.1 Å². The van der Waals surface area contributed by atoms with Gasteiger partial charge in [-0.25, -0.2) is 0 Å². The maximum Gasteiger partial charge on any atom is 0.0274 e. The molecule has 0 atom stereocenters. The maximum atomic E-state index is 6.00. The van der Waals surface area contributed by atoms with Gasteiger partial charge in [0.1, 0.15) is 0 Å². The first-order chi connectivity index (χ1) is 4.25. The van der Waals surface area contributed by atoms with Crippen LogP contribution in [0.15, 0.2) is 0 Å².